The molecule has 4 heteroatoms. The number of rotatable bonds is 6. The van der Waals surface area contributed by atoms with E-state index in [4.69, 9.17) is 5.73 Å². The normalized spacial score (nSPS) is 10.2. The molecule has 1 aromatic carbocycles. The summed E-state index contributed by atoms with van der Waals surface area (Å²) in [6, 6.07) is 7.79. The van der Waals surface area contributed by atoms with Gasteiger partial charge in [0.05, 0.1) is 5.75 Å². The molecule has 2 N–H and O–H groups in total. The van der Waals surface area contributed by atoms with E-state index in [1.807, 2.05) is 43.0 Å². The zero-order chi connectivity index (χ0) is 12.7. The number of hydrogen-bond donors (Lipinski definition) is 1. The Bertz CT molecular complexity index is 347. The minimum absolute atomic E-state index is 0.218. The van der Waals surface area contributed by atoms with Gasteiger partial charge in [-0.3, -0.25) is 4.79 Å². The second-order valence-electron chi connectivity index (χ2n) is 3.80. The molecule has 0 spiro atoms. The fourth-order valence-electron chi connectivity index (χ4n) is 1.54. The first-order chi connectivity index (χ1) is 8.17. The van der Waals surface area contributed by atoms with Gasteiger partial charge in [-0.05, 0) is 31.5 Å². The number of anilines is 1. The van der Waals surface area contributed by atoms with Gasteiger partial charge < -0.3 is 10.6 Å². The van der Waals surface area contributed by atoms with Crippen LogP contribution in [0.1, 0.15) is 19.4 Å². The number of thioether (sulfide) groups is 1. The van der Waals surface area contributed by atoms with Crippen molar-refractivity contribution in [1.82, 2.24) is 4.90 Å². The molecule has 0 aliphatic heterocycles. The van der Waals surface area contributed by atoms with Crippen LogP contribution in [0.3, 0.4) is 0 Å². The number of benzene rings is 1. The van der Waals surface area contributed by atoms with Crippen LogP contribution in [0.15, 0.2) is 24.3 Å². The molecule has 0 fully saturated rings. The number of carbonyl (C=O) groups is 1. The highest BCUT2D eigenvalue weighted by Gasteiger charge is 2.08. The molecule has 1 aromatic rings. The molecule has 0 aromatic heterocycles. The molecule has 0 radical (unpaired) electrons. The lowest BCUT2D eigenvalue weighted by molar-refractivity contribution is -0.127. The molecule has 0 saturated heterocycles. The van der Waals surface area contributed by atoms with Crippen molar-refractivity contribution in [3.05, 3.63) is 29.8 Å². The largest absolute Gasteiger partial charge is 0.399 e. The van der Waals surface area contributed by atoms with Crippen LogP contribution in [0.25, 0.3) is 0 Å². The first kappa shape index (κ1) is 13.9. The van der Waals surface area contributed by atoms with Gasteiger partial charge in [-0.1, -0.05) is 12.1 Å². The van der Waals surface area contributed by atoms with E-state index >= 15 is 0 Å². The number of amides is 1. The summed E-state index contributed by atoms with van der Waals surface area (Å²) in [7, 11) is 0. The van der Waals surface area contributed by atoms with Gasteiger partial charge in [0.25, 0.3) is 0 Å². The highest BCUT2D eigenvalue weighted by molar-refractivity contribution is 7.99. The molecule has 1 amide bonds. The van der Waals surface area contributed by atoms with Crippen molar-refractivity contribution >= 4 is 23.4 Å². The van der Waals surface area contributed by atoms with Crippen molar-refractivity contribution in [2.75, 3.05) is 24.6 Å². The van der Waals surface area contributed by atoms with Gasteiger partial charge in [-0.15, -0.1) is 11.8 Å². The van der Waals surface area contributed by atoms with E-state index in [0.29, 0.717) is 5.75 Å². The van der Waals surface area contributed by atoms with Crippen molar-refractivity contribution in [1.29, 1.82) is 0 Å². The van der Waals surface area contributed by atoms with E-state index in [2.05, 4.69) is 0 Å². The van der Waals surface area contributed by atoms with E-state index in [9.17, 15) is 4.79 Å². The predicted octanol–water partition coefficient (Wildman–Crippen LogP) is 2.37. The number of nitrogens with two attached hydrogens (primary N) is 1. The molecular weight excluding hydrogens is 232 g/mol. The highest BCUT2D eigenvalue weighted by atomic mass is 32.2. The van der Waals surface area contributed by atoms with Gasteiger partial charge in [0.2, 0.25) is 5.91 Å². The summed E-state index contributed by atoms with van der Waals surface area (Å²) in [4.78, 5) is 13.6. The Morgan fingerprint density at radius 3 is 2.35 bits per heavy atom. The van der Waals surface area contributed by atoms with Crippen LogP contribution in [-0.4, -0.2) is 29.6 Å². The molecular formula is C13H20N2OS. The third-order valence-electron chi connectivity index (χ3n) is 2.59. The summed E-state index contributed by atoms with van der Waals surface area (Å²) in [5.41, 5.74) is 7.59. The minimum atomic E-state index is 0.218. The molecule has 0 aliphatic carbocycles. The SMILES string of the molecule is CCN(CC)C(=O)CSCc1ccc(N)cc1. The Hall–Kier alpha value is -1.16. The van der Waals surface area contributed by atoms with E-state index < -0.39 is 0 Å². The summed E-state index contributed by atoms with van der Waals surface area (Å²) < 4.78 is 0. The van der Waals surface area contributed by atoms with Crippen LogP contribution in [0.2, 0.25) is 0 Å². The standard InChI is InChI=1S/C13H20N2OS/c1-3-15(4-2)13(16)10-17-9-11-5-7-12(14)8-6-11/h5-8H,3-4,9-10,14H2,1-2H3. The zero-order valence-corrected chi connectivity index (χ0v) is 11.3. The summed E-state index contributed by atoms with van der Waals surface area (Å²) in [6.45, 7) is 5.59. The molecule has 0 unspecified atom stereocenters. The summed E-state index contributed by atoms with van der Waals surface area (Å²) in [6.07, 6.45) is 0. The Morgan fingerprint density at radius 2 is 1.82 bits per heavy atom. The quantitative estimate of drug-likeness (QED) is 0.791. The Kier molecular flexibility index (Phi) is 5.91. The maximum absolute atomic E-state index is 11.7. The number of nitrogen functional groups attached to an aromatic ring is 1. The second-order valence-corrected chi connectivity index (χ2v) is 4.79. The lowest BCUT2D eigenvalue weighted by Crippen LogP contribution is -2.31. The molecule has 3 nitrogen and oxygen atoms in total. The van der Waals surface area contributed by atoms with Gasteiger partial charge in [0, 0.05) is 24.5 Å². The average molecular weight is 252 g/mol. The Labute approximate surface area is 107 Å². The van der Waals surface area contributed by atoms with Crippen molar-refractivity contribution in [2.45, 2.75) is 19.6 Å². The van der Waals surface area contributed by atoms with Gasteiger partial charge in [0.15, 0.2) is 0 Å². The summed E-state index contributed by atoms with van der Waals surface area (Å²) in [5.74, 6) is 1.62. The fourth-order valence-corrected chi connectivity index (χ4v) is 2.43. The van der Waals surface area contributed by atoms with Crippen LogP contribution in [-0.2, 0) is 10.5 Å². The molecule has 94 valence electrons. The van der Waals surface area contributed by atoms with Crippen LogP contribution in [0.5, 0.6) is 0 Å². The van der Waals surface area contributed by atoms with Gasteiger partial charge >= 0.3 is 0 Å². The van der Waals surface area contributed by atoms with E-state index in [1.54, 1.807) is 11.8 Å². The van der Waals surface area contributed by atoms with Gasteiger partial charge in [0.1, 0.15) is 0 Å². The minimum Gasteiger partial charge on any atom is -0.399 e. The van der Waals surface area contributed by atoms with Crippen LogP contribution in [0.4, 0.5) is 5.69 Å². The molecule has 0 aliphatic rings. The van der Waals surface area contributed by atoms with Crippen molar-refractivity contribution in [3.63, 3.8) is 0 Å². The van der Waals surface area contributed by atoms with Crippen LogP contribution >= 0.6 is 11.8 Å². The maximum atomic E-state index is 11.7. The van der Waals surface area contributed by atoms with Crippen molar-refractivity contribution in [3.8, 4) is 0 Å². The lowest BCUT2D eigenvalue weighted by Gasteiger charge is -2.18. The monoisotopic (exact) mass is 252 g/mol. The van der Waals surface area contributed by atoms with Crippen molar-refractivity contribution < 1.29 is 4.79 Å². The maximum Gasteiger partial charge on any atom is 0.232 e. The molecule has 1 rings (SSSR count). The Balaban J connectivity index is 2.32. The molecule has 17 heavy (non-hydrogen) atoms. The topological polar surface area (TPSA) is 46.3 Å². The highest BCUT2D eigenvalue weighted by Crippen LogP contribution is 2.14. The first-order valence-corrected chi connectivity index (χ1v) is 7.02. The van der Waals surface area contributed by atoms with E-state index in [-0.39, 0.29) is 5.91 Å². The predicted molar refractivity (Wildman–Crippen MR) is 74.9 cm³/mol. The number of nitrogens with zero attached hydrogens (tertiary/aromatic N) is 1. The number of carbonyl (C=O) groups excluding carboxylic acids is 1. The van der Waals surface area contributed by atoms with E-state index in [0.717, 1.165) is 24.5 Å². The second kappa shape index (κ2) is 7.22. The van der Waals surface area contributed by atoms with E-state index in [1.165, 1.54) is 5.56 Å². The third kappa shape index (κ3) is 4.69. The number of hydrogen-bond acceptors (Lipinski definition) is 3. The smallest absolute Gasteiger partial charge is 0.232 e. The van der Waals surface area contributed by atoms with Crippen LogP contribution < -0.4 is 5.73 Å². The van der Waals surface area contributed by atoms with Gasteiger partial charge in [-0.25, -0.2) is 0 Å². The first-order valence-electron chi connectivity index (χ1n) is 5.87. The lowest BCUT2D eigenvalue weighted by atomic mass is 10.2. The van der Waals surface area contributed by atoms with Crippen LogP contribution in [0, 0.1) is 0 Å². The van der Waals surface area contributed by atoms with Gasteiger partial charge in [-0.2, -0.15) is 0 Å². The van der Waals surface area contributed by atoms with Crippen molar-refractivity contribution in [2.24, 2.45) is 0 Å². The molecule has 0 heterocycles. The third-order valence-corrected chi connectivity index (χ3v) is 3.58. The molecule has 0 atom stereocenters. The zero-order valence-electron chi connectivity index (χ0n) is 10.5. The summed E-state index contributed by atoms with van der Waals surface area (Å²) >= 11 is 1.65. The molecule has 0 bridgehead atoms. The molecule has 0 saturated carbocycles. The Morgan fingerprint density at radius 1 is 1.24 bits per heavy atom. The average Bonchev–Trinajstić information content (AvgIpc) is 2.33. The summed E-state index contributed by atoms with van der Waals surface area (Å²) in [5, 5.41) is 0. The fraction of sp³-hybridized carbons (Fsp3) is 0.462.